The number of ether oxygens (including phenoxy) is 1. The molecule has 1 amide bonds. The highest BCUT2D eigenvalue weighted by Gasteiger charge is 2.22. The highest BCUT2D eigenvalue weighted by molar-refractivity contribution is 5.76. The highest BCUT2D eigenvalue weighted by Crippen LogP contribution is 2.30. The summed E-state index contributed by atoms with van der Waals surface area (Å²) in [4.78, 5) is 15.6. The number of amides is 1. The predicted molar refractivity (Wildman–Crippen MR) is 78.7 cm³/mol. The molecule has 0 spiro atoms. The Balaban J connectivity index is 1.81. The average molecular weight is 278 g/mol. The Morgan fingerprint density at radius 2 is 2.30 bits per heavy atom. The number of hydrogen-bond donors (Lipinski definition) is 3. The third-order valence-corrected chi connectivity index (χ3v) is 3.07. The molecule has 1 aromatic rings. The number of pyridine rings is 1. The van der Waals surface area contributed by atoms with Crippen LogP contribution >= 0.6 is 0 Å². The van der Waals surface area contributed by atoms with Gasteiger partial charge in [0.25, 0.3) is 0 Å². The maximum absolute atomic E-state index is 11.3. The van der Waals surface area contributed by atoms with Crippen LogP contribution in [-0.2, 0) is 4.79 Å². The fraction of sp³-hybridized carbons (Fsp3) is 0.571. The predicted octanol–water partition coefficient (Wildman–Crippen LogP) is 1.39. The highest BCUT2D eigenvalue weighted by atomic mass is 16.5. The van der Waals surface area contributed by atoms with Crippen molar-refractivity contribution in [3.05, 3.63) is 12.1 Å². The zero-order valence-corrected chi connectivity index (χ0v) is 11.8. The molecule has 6 heteroatoms. The first kappa shape index (κ1) is 14.4. The van der Waals surface area contributed by atoms with Gasteiger partial charge in [0.15, 0.2) is 0 Å². The summed E-state index contributed by atoms with van der Waals surface area (Å²) in [5.74, 6) is 1.83. The lowest BCUT2D eigenvalue weighted by atomic mass is 10.3. The van der Waals surface area contributed by atoms with E-state index in [0.29, 0.717) is 49.4 Å². The molecule has 0 unspecified atom stereocenters. The molecule has 0 atom stereocenters. The number of nitrogen functional groups attached to an aromatic ring is 1. The lowest BCUT2D eigenvalue weighted by molar-refractivity contribution is -0.120. The third-order valence-electron chi connectivity index (χ3n) is 3.07. The lowest BCUT2D eigenvalue weighted by Crippen LogP contribution is -2.24. The van der Waals surface area contributed by atoms with Gasteiger partial charge in [-0.25, -0.2) is 0 Å². The van der Waals surface area contributed by atoms with E-state index in [-0.39, 0.29) is 5.91 Å². The zero-order valence-electron chi connectivity index (χ0n) is 11.8. The number of anilines is 2. The molecule has 2 rings (SSSR count). The fourth-order valence-electron chi connectivity index (χ4n) is 1.74. The van der Waals surface area contributed by atoms with Crippen LogP contribution in [0.1, 0.15) is 26.2 Å². The minimum Gasteiger partial charge on any atom is -0.476 e. The van der Waals surface area contributed by atoms with E-state index in [2.05, 4.69) is 15.6 Å². The number of nitrogens with two attached hydrogens (primary N) is 1. The minimum absolute atomic E-state index is 0.0284. The first-order chi connectivity index (χ1) is 9.69. The molecule has 0 radical (unpaired) electrons. The van der Waals surface area contributed by atoms with Gasteiger partial charge in [0.1, 0.15) is 5.82 Å². The first-order valence-corrected chi connectivity index (χ1v) is 7.09. The Kier molecular flexibility index (Phi) is 5.03. The number of carbonyl (C=O) groups is 1. The Morgan fingerprint density at radius 3 is 3.00 bits per heavy atom. The quantitative estimate of drug-likeness (QED) is 0.668. The van der Waals surface area contributed by atoms with Crippen molar-refractivity contribution in [1.29, 1.82) is 0 Å². The molecule has 0 aliphatic heterocycles. The topological polar surface area (TPSA) is 89.3 Å². The normalized spacial score (nSPS) is 13.8. The molecule has 0 bridgehead atoms. The van der Waals surface area contributed by atoms with Crippen LogP contribution in [0.2, 0.25) is 0 Å². The standard InChI is InChI=1S/C14H22N4O2/c1-2-16-13(19)7-8-17-12-6-5-11(15)14(18-12)20-9-10-3-4-10/h5-6,10H,2-4,7-9,15H2,1H3,(H,16,19)(H,17,18). The summed E-state index contributed by atoms with van der Waals surface area (Å²) in [6.07, 6.45) is 2.87. The van der Waals surface area contributed by atoms with Crippen LogP contribution in [0, 0.1) is 5.92 Å². The maximum atomic E-state index is 11.3. The Morgan fingerprint density at radius 1 is 1.50 bits per heavy atom. The SMILES string of the molecule is CCNC(=O)CCNc1ccc(N)c(OCC2CC2)n1. The smallest absolute Gasteiger partial charge is 0.239 e. The summed E-state index contributed by atoms with van der Waals surface area (Å²) >= 11 is 0. The van der Waals surface area contributed by atoms with Crippen LogP contribution in [0.15, 0.2) is 12.1 Å². The van der Waals surface area contributed by atoms with Crippen LogP contribution in [0.3, 0.4) is 0 Å². The minimum atomic E-state index is 0.0284. The van der Waals surface area contributed by atoms with E-state index in [0.717, 1.165) is 0 Å². The van der Waals surface area contributed by atoms with Crippen molar-refractivity contribution in [2.75, 3.05) is 30.7 Å². The van der Waals surface area contributed by atoms with Crippen LogP contribution in [0.4, 0.5) is 11.5 Å². The molecular formula is C14H22N4O2. The zero-order chi connectivity index (χ0) is 14.4. The molecule has 6 nitrogen and oxygen atoms in total. The van der Waals surface area contributed by atoms with Gasteiger partial charge < -0.3 is 21.1 Å². The number of hydrogen-bond acceptors (Lipinski definition) is 5. The summed E-state index contributed by atoms with van der Waals surface area (Å²) in [6.45, 7) is 3.76. The van der Waals surface area contributed by atoms with Gasteiger partial charge in [-0.05, 0) is 37.8 Å². The molecule has 0 aromatic carbocycles. The van der Waals surface area contributed by atoms with Crippen molar-refractivity contribution < 1.29 is 9.53 Å². The second kappa shape index (κ2) is 6.98. The van der Waals surface area contributed by atoms with Crippen molar-refractivity contribution >= 4 is 17.4 Å². The number of carbonyl (C=O) groups excluding carboxylic acids is 1. The van der Waals surface area contributed by atoms with Crippen molar-refractivity contribution in [3.63, 3.8) is 0 Å². The van der Waals surface area contributed by atoms with Gasteiger partial charge in [-0.1, -0.05) is 0 Å². The molecule has 1 heterocycles. The van der Waals surface area contributed by atoms with E-state index in [9.17, 15) is 4.79 Å². The fourth-order valence-corrected chi connectivity index (χ4v) is 1.74. The number of aromatic nitrogens is 1. The second-order valence-corrected chi connectivity index (χ2v) is 4.98. The molecule has 4 N–H and O–H groups in total. The molecule has 0 saturated heterocycles. The summed E-state index contributed by atoms with van der Waals surface area (Å²) < 4.78 is 5.61. The van der Waals surface area contributed by atoms with Gasteiger partial charge in [-0.3, -0.25) is 4.79 Å². The van der Waals surface area contributed by atoms with E-state index >= 15 is 0 Å². The van der Waals surface area contributed by atoms with Gasteiger partial charge in [-0.2, -0.15) is 4.98 Å². The van der Waals surface area contributed by atoms with Gasteiger partial charge in [0.2, 0.25) is 11.8 Å². The number of nitrogens with zero attached hydrogens (tertiary/aromatic N) is 1. The largest absolute Gasteiger partial charge is 0.476 e. The average Bonchev–Trinajstić information content (AvgIpc) is 3.23. The molecule has 1 aromatic heterocycles. The molecule has 1 aliphatic rings. The first-order valence-electron chi connectivity index (χ1n) is 7.09. The monoisotopic (exact) mass is 278 g/mol. The summed E-state index contributed by atoms with van der Waals surface area (Å²) in [5, 5.41) is 5.85. The van der Waals surface area contributed by atoms with Gasteiger partial charge in [-0.15, -0.1) is 0 Å². The van der Waals surface area contributed by atoms with Crippen molar-refractivity contribution in [2.24, 2.45) is 5.92 Å². The number of nitrogens with one attached hydrogen (secondary N) is 2. The van der Waals surface area contributed by atoms with E-state index in [1.165, 1.54) is 12.8 Å². The second-order valence-electron chi connectivity index (χ2n) is 4.98. The lowest BCUT2D eigenvalue weighted by Gasteiger charge is -2.10. The number of rotatable bonds is 8. The molecular weight excluding hydrogens is 256 g/mol. The molecule has 1 saturated carbocycles. The van der Waals surface area contributed by atoms with Crippen LogP contribution in [-0.4, -0.2) is 30.6 Å². The van der Waals surface area contributed by atoms with E-state index in [1.807, 2.05) is 6.92 Å². The molecule has 20 heavy (non-hydrogen) atoms. The summed E-state index contributed by atoms with van der Waals surface area (Å²) in [6, 6.07) is 3.56. The van der Waals surface area contributed by atoms with Crippen LogP contribution < -0.4 is 21.1 Å². The molecule has 110 valence electrons. The van der Waals surface area contributed by atoms with Crippen LogP contribution in [0.5, 0.6) is 5.88 Å². The maximum Gasteiger partial charge on any atom is 0.239 e. The van der Waals surface area contributed by atoms with Crippen molar-refractivity contribution in [2.45, 2.75) is 26.2 Å². The Hall–Kier alpha value is -1.98. The van der Waals surface area contributed by atoms with Gasteiger partial charge >= 0.3 is 0 Å². The third kappa shape index (κ3) is 4.60. The van der Waals surface area contributed by atoms with E-state index in [4.69, 9.17) is 10.5 Å². The van der Waals surface area contributed by atoms with Crippen molar-refractivity contribution in [1.82, 2.24) is 10.3 Å². The Labute approximate surface area is 119 Å². The van der Waals surface area contributed by atoms with Crippen LogP contribution in [0.25, 0.3) is 0 Å². The molecule has 1 fully saturated rings. The summed E-state index contributed by atoms with van der Waals surface area (Å²) in [5.41, 5.74) is 6.37. The van der Waals surface area contributed by atoms with Crippen molar-refractivity contribution in [3.8, 4) is 5.88 Å². The summed E-state index contributed by atoms with van der Waals surface area (Å²) in [7, 11) is 0. The van der Waals surface area contributed by atoms with E-state index in [1.54, 1.807) is 12.1 Å². The Bertz CT molecular complexity index is 460. The van der Waals surface area contributed by atoms with Gasteiger partial charge in [0.05, 0.1) is 12.3 Å². The molecule has 1 aliphatic carbocycles. The van der Waals surface area contributed by atoms with Gasteiger partial charge in [0, 0.05) is 19.5 Å². The van der Waals surface area contributed by atoms with E-state index < -0.39 is 0 Å².